The highest BCUT2D eigenvalue weighted by Crippen LogP contribution is 2.43. The molecule has 1 saturated heterocycles. The van der Waals surface area contributed by atoms with Crippen molar-refractivity contribution in [1.82, 2.24) is 5.32 Å². The summed E-state index contributed by atoms with van der Waals surface area (Å²) in [4.78, 5) is 41.5. The fourth-order valence-corrected chi connectivity index (χ4v) is 7.66. The molecule has 40 heavy (non-hydrogen) atoms. The van der Waals surface area contributed by atoms with Gasteiger partial charge in [0.2, 0.25) is 0 Å². The summed E-state index contributed by atoms with van der Waals surface area (Å²) in [5.41, 5.74) is 8.51. The molecule has 220 valence electrons. The van der Waals surface area contributed by atoms with Crippen molar-refractivity contribution in [3.8, 4) is 10.4 Å². The number of ether oxygens (including phenoxy) is 1. The van der Waals surface area contributed by atoms with Gasteiger partial charge in [0.25, 0.3) is 5.91 Å². The molecule has 0 spiro atoms. The van der Waals surface area contributed by atoms with Crippen LogP contribution in [0.15, 0.2) is 36.4 Å². The van der Waals surface area contributed by atoms with Gasteiger partial charge in [-0.15, -0.1) is 11.3 Å². The Balaban J connectivity index is 0.00000441. The second-order valence-corrected chi connectivity index (χ2v) is 13.3. The van der Waals surface area contributed by atoms with Crippen LogP contribution in [-0.4, -0.2) is 61.6 Å². The first-order valence-corrected chi connectivity index (χ1v) is 15.0. The molecule has 1 aliphatic carbocycles. The van der Waals surface area contributed by atoms with Crippen LogP contribution in [0.3, 0.4) is 0 Å². The highest BCUT2D eigenvalue weighted by atomic mass is 35.5. The third-order valence-electron chi connectivity index (χ3n) is 8.86. The Hall–Kier alpha value is -2.26. The lowest BCUT2D eigenvalue weighted by Gasteiger charge is -2.46. The molecule has 9 heteroatoms. The maximum Gasteiger partial charge on any atom is 0.328 e. The molecule has 1 aromatic carbocycles. The molecule has 7 nitrogen and oxygen atoms in total. The van der Waals surface area contributed by atoms with Crippen LogP contribution >= 0.6 is 11.3 Å². The monoisotopic (exact) mass is 589 g/mol. The number of hydrogen-bond donors (Lipinski definition) is 2. The number of quaternary nitrogens is 1. The number of benzene rings is 1. The van der Waals surface area contributed by atoms with E-state index >= 15 is 0 Å². The Labute approximate surface area is 248 Å². The van der Waals surface area contributed by atoms with Gasteiger partial charge in [-0.05, 0) is 42.9 Å². The van der Waals surface area contributed by atoms with Crippen molar-refractivity contribution < 1.29 is 36.0 Å². The zero-order chi connectivity index (χ0) is 28.4. The van der Waals surface area contributed by atoms with Crippen LogP contribution in [0.1, 0.15) is 80.4 Å². The van der Waals surface area contributed by atoms with Crippen molar-refractivity contribution in [1.29, 1.82) is 0 Å². The van der Waals surface area contributed by atoms with Gasteiger partial charge >= 0.3 is 11.9 Å². The molecule has 1 aliphatic heterocycles. The summed E-state index contributed by atoms with van der Waals surface area (Å²) in [6, 6.07) is 11.1. The quantitative estimate of drug-likeness (QED) is 0.381. The van der Waals surface area contributed by atoms with E-state index in [1.165, 1.54) is 24.9 Å². The fraction of sp³-hybridized carbons (Fsp3) is 0.581. The van der Waals surface area contributed by atoms with Crippen molar-refractivity contribution >= 4 is 29.1 Å². The molecule has 4 unspecified atom stereocenters. The van der Waals surface area contributed by atoms with Gasteiger partial charge in [0.05, 0.1) is 37.0 Å². The minimum atomic E-state index is -0.744. The number of nitrogens with two attached hydrogens (primary N) is 1. The average molecular weight is 590 g/mol. The molecular weight excluding hydrogens is 546 g/mol. The molecule has 2 aliphatic rings. The standard InChI is InChI=1S/C31H43N3O4S.ClH/c1-20(2)26(29(36)38-5)33-28(35)27-23(18-25(39-27)21-12-8-6-9-13-21)22-14-17-34(4,19-24(22)32)30(37)31(3)15-10-7-11-16-31;/h6,8-9,12-13,18,20,22,24,26H,7,10-11,14-17,19,32H2,1-5H3;1H. The number of thiophene rings is 1. The second kappa shape index (κ2) is 13.1. The Morgan fingerprint density at radius 1 is 1.12 bits per heavy atom. The Kier molecular flexibility index (Phi) is 10.6. The molecule has 2 aromatic rings. The number of carbonyl (C=O) groups excluding carboxylic acids is 3. The van der Waals surface area contributed by atoms with Crippen LogP contribution in [-0.2, 0) is 14.3 Å². The summed E-state index contributed by atoms with van der Waals surface area (Å²) in [6.45, 7) is 7.14. The van der Waals surface area contributed by atoms with Gasteiger partial charge in [-0.1, -0.05) is 63.4 Å². The van der Waals surface area contributed by atoms with Gasteiger partial charge in [-0.25, -0.2) is 9.59 Å². The Morgan fingerprint density at radius 3 is 2.35 bits per heavy atom. The SMILES string of the molecule is COC(=O)C(NC(=O)c1sc(-c2ccccc2)cc1C1CC[N+](C)(C(=O)C2(C)CCCCC2)CC1N)C(C)C.[Cl-]. The van der Waals surface area contributed by atoms with Crippen molar-refractivity contribution in [3.05, 3.63) is 46.8 Å². The summed E-state index contributed by atoms with van der Waals surface area (Å²) in [6.07, 6.45) is 6.03. The van der Waals surface area contributed by atoms with Crippen LogP contribution in [0.2, 0.25) is 0 Å². The molecule has 0 radical (unpaired) electrons. The molecule has 1 saturated carbocycles. The smallest absolute Gasteiger partial charge is 0.328 e. The van der Waals surface area contributed by atoms with Gasteiger partial charge in [-0.3, -0.25) is 9.28 Å². The summed E-state index contributed by atoms with van der Waals surface area (Å²) in [5.74, 6) is -0.630. The molecule has 3 N–H and O–H groups in total. The number of nitrogens with zero attached hydrogens (tertiary/aromatic N) is 1. The number of rotatable bonds is 7. The molecule has 4 rings (SSSR count). The summed E-state index contributed by atoms with van der Waals surface area (Å²) in [5, 5.41) is 2.92. The van der Waals surface area contributed by atoms with E-state index in [9.17, 15) is 14.4 Å². The van der Waals surface area contributed by atoms with E-state index in [2.05, 4.69) is 18.3 Å². The minimum Gasteiger partial charge on any atom is -1.00 e. The number of likely N-dealkylation sites (N-methyl/N-ethyl adjacent to an activating group) is 1. The first-order valence-electron chi connectivity index (χ1n) is 14.2. The average Bonchev–Trinajstić information content (AvgIpc) is 3.37. The minimum absolute atomic E-state index is 0. The van der Waals surface area contributed by atoms with Crippen LogP contribution in [0.4, 0.5) is 0 Å². The van der Waals surface area contributed by atoms with Crippen LogP contribution < -0.4 is 23.5 Å². The van der Waals surface area contributed by atoms with E-state index in [1.807, 2.05) is 51.2 Å². The largest absolute Gasteiger partial charge is 1.00 e. The molecule has 0 bridgehead atoms. The highest BCUT2D eigenvalue weighted by Gasteiger charge is 2.50. The lowest BCUT2D eigenvalue weighted by atomic mass is 9.73. The van der Waals surface area contributed by atoms with Gasteiger partial charge in [0.15, 0.2) is 0 Å². The van der Waals surface area contributed by atoms with Gasteiger partial charge in [0, 0.05) is 17.2 Å². The molecule has 2 heterocycles. The zero-order valence-electron chi connectivity index (χ0n) is 24.4. The Morgan fingerprint density at radius 2 is 1.77 bits per heavy atom. The maximum absolute atomic E-state index is 13.8. The fourth-order valence-electron chi connectivity index (χ4n) is 6.52. The van der Waals surface area contributed by atoms with Crippen molar-refractivity contribution in [2.75, 3.05) is 27.2 Å². The Bertz CT molecular complexity index is 1190. The van der Waals surface area contributed by atoms with Gasteiger partial charge in [0.1, 0.15) is 12.6 Å². The van der Waals surface area contributed by atoms with Crippen LogP contribution in [0.5, 0.6) is 0 Å². The van der Waals surface area contributed by atoms with E-state index in [1.54, 1.807) is 0 Å². The van der Waals surface area contributed by atoms with E-state index < -0.39 is 12.0 Å². The van der Waals surface area contributed by atoms with Crippen molar-refractivity contribution in [2.45, 2.75) is 77.3 Å². The number of halogens is 1. The number of nitrogens with one attached hydrogen (secondary N) is 1. The number of piperidine rings is 1. The first kappa shape index (κ1) is 32.3. The summed E-state index contributed by atoms with van der Waals surface area (Å²) >= 11 is 1.43. The van der Waals surface area contributed by atoms with E-state index in [0.717, 1.165) is 48.1 Å². The van der Waals surface area contributed by atoms with Crippen LogP contribution in [0, 0.1) is 11.3 Å². The predicted molar refractivity (Wildman–Crippen MR) is 155 cm³/mol. The third kappa shape index (κ3) is 6.62. The predicted octanol–water partition coefficient (Wildman–Crippen LogP) is 2.10. The van der Waals surface area contributed by atoms with Crippen molar-refractivity contribution in [2.24, 2.45) is 17.1 Å². The second-order valence-electron chi connectivity index (χ2n) is 12.3. The number of methoxy groups -OCH3 is 1. The number of amides is 2. The number of carbonyl (C=O) groups is 3. The zero-order valence-corrected chi connectivity index (χ0v) is 25.9. The lowest BCUT2D eigenvalue weighted by molar-refractivity contribution is -0.844. The molecule has 1 aromatic heterocycles. The van der Waals surface area contributed by atoms with E-state index in [0.29, 0.717) is 28.4 Å². The normalized spacial score (nSPS) is 25.0. The molecule has 4 atom stereocenters. The van der Waals surface area contributed by atoms with Crippen LogP contribution in [0.25, 0.3) is 10.4 Å². The number of likely N-dealkylation sites (tertiary alicyclic amines) is 1. The number of hydrogen-bond acceptors (Lipinski definition) is 6. The maximum atomic E-state index is 13.8. The highest BCUT2D eigenvalue weighted by molar-refractivity contribution is 7.17. The summed E-state index contributed by atoms with van der Waals surface area (Å²) < 4.78 is 5.30. The lowest BCUT2D eigenvalue weighted by Crippen LogP contribution is -3.00. The van der Waals surface area contributed by atoms with Gasteiger partial charge in [-0.2, -0.15) is 0 Å². The first-order chi connectivity index (χ1) is 18.5. The molecule has 2 amide bonds. The van der Waals surface area contributed by atoms with Crippen molar-refractivity contribution in [3.63, 3.8) is 0 Å². The third-order valence-corrected chi connectivity index (χ3v) is 10.1. The molecular formula is C31H44ClN3O4S. The van der Waals surface area contributed by atoms with E-state index in [4.69, 9.17) is 10.5 Å². The summed E-state index contributed by atoms with van der Waals surface area (Å²) in [7, 11) is 3.37. The number of esters is 1. The molecule has 2 fully saturated rings. The topological polar surface area (TPSA) is 98.5 Å². The van der Waals surface area contributed by atoms with E-state index in [-0.39, 0.29) is 41.6 Å². The van der Waals surface area contributed by atoms with Gasteiger partial charge < -0.3 is 28.2 Å².